The number of hydrogen-bond donors (Lipinski definition) is 1. The molecular weight excluding hydrogens is 432 g/mol. The monoisotopic (exact) mass is 462 g/mol. The minimum Gasteiger partial charge on any atom is -0.507 e. The molecule has 4 rings (SSSR count). The molecule has 6 nitrogen and oxygen atoms in total. The molecule has 1 aliphatic heterocycles. The highest BCUT2D eigenvalue weighted by Gasteiger charge is 2.28. The molecule has 0 radical (unpaired) electrons. The van der Waals surface area contributed by atoms with Crippen LogP contribution in [0.2, 0.25) is 0 Å². The van der Waals surface area contributed by atoms with E-state index < -0.39 is 0 Å². The molecule has 0 unspecified atom stereocenters. The van der Waals surface area contributed by atoms with Gasteiger partial charge in [0.25, 0.3) is 0 Å². The zero-order valence-electron chi connectivity index (χ0n) is 20.2. The largest absolute Gasteiger partial charge is 0.507 e. The van der Waals surface area contributed by atoms with Crippen LogP contribution in [0.15, 0.2) is 42.5 Å². The molecule has 0 aliphatic carbocycles. The first-order valence-electron chi connectivity index (χ1n) is 11.1. The molecular formula is C28H30O6. The Balaban J connectivity index is 1.83. The Morgan fingerprint density at radius 2 is 1.53 bits per heavy atom. The van der Waals surface area contributed by atoms with Crippen LogP contribution in [-0.2, 0) is 6.42 Å². The van der Waals surface area contributed by atoms with E-state index in [1.807, 2.05) is 37.3 Å². The number of benzene rings is 3. The summed E-state index contributed by atoms with van der Waals surface area (Å²) in [6.07, 6.45) is 5.26. The lowest BCUT2D eigenvalue weighted by Crippen LogP contribution is -2.17. The van der Waals surface area contributed by atoms with Gasteiger partial charge in [0.2, 0.25) is 0 Å². The number of methoxy groups -OCH3 is 4. The molecule has 0 saturated heterocycles. The number of aromatic hydroxyl groups is 1. The zero-order valence-corrected chi connectivity index (χ0v) is 20.2. The maximum atomic E-state index is 10.7. The Bertz CT molecular complexity index is 1200. The molecule has 6 heteroatoms. The van der Waals surface area contributed by atoms with E-state index in [0.717, 1.165) is 46.6 Å². The van der Waals surface area contributed by atoms with Crippen LogP contribution in [0, 0.1) is 6.92 Å². The third-order valence-corrected chi connectivity index (χ3v) is 6.21. The molecule has 0 spiro atoms. The maximum absolute atomic E-state index is 10.7. The van der Waals surface area contributed by atoms with E-state index in [2.05, 4.69) is 12.1 Å². The summed E-state index contributed by atoms with van der Waals surface area (Å²) >= 11 is 0. The highest BCUT2D eigenvalue weighted by Crippen LogP contribution is 2.47. The molecule has 0 saturated carbocycles. The van der Waals surface area contributed by atoms with Gasteiger partial charge in [0, 0.05) is 23.3 Å². The average molecular weight is 463 g/mol. The van der Waals surface area contributed by atoms with Gasteiger partial charge in [-0.15, -0.1) is 0 Å². The van der Waals surface area contributed by atoms with Gasteiger partial charge in [-0.2, -0.15) is 0 Å². The van der Waals surface area contributed by atoms with Gasteiger partial charge in [-0.3, -0.25) is 0 Å². The fourth-order valence-electron chi connectivity index (χ4n) is 4.47. The Hall–Kier alpha value is -3.80. The van der Waals surface area contributed by atoms with Crippen LogP contribution in [0.3, 0.4) is 0 Å². The summed E-state index contributed by atoms with van der Waals surface area (Å²) in [4.78, 5) is 0. The van der Waals surface area contributed by atoms with Crippen molar-refractivity contribution in [2.75, 3.05) is 28.4 Å². The molecule has 1 atom stereocenters. The Kier molecular flexibility index (Phi) is 6.87. The first-order chi connectivity index (χ1) is 16.5. The van der Waals surface area contributed by atoms with E-state index >= 15 is 0 Å². The average Bonchev–Trinajstić information content (AvgIpc) is 2.88. The smallest absolute Gasteiger partial charge is 0.138 e. The Labute approximate surface area is 200 Å². The van der Waals surface area contributed by atoms with Gasteiger partial charge in [-0.05, 0) is 37.5 Å². The van der Waals surface area contributed by atoms with Crippen molar-refractivity contribution < 1.29 is 28.8 Å². The number of rotatable bonds is 7. The van der Waals surface area contributed by atoms with Crippen molar-refractivity contribution in [3.05, 3.63) is 70.3 Å². The summed E-state index contributed by atoms with van der Waals surface area (Å²) in [5.74, 6) is 3.22. The third-order valence-electron chi connectivity index (χ3n) is 6.21. The summed E-state index contributed by atoms with van der Waals surface area (Å²) in [5, 5.41) is 10.7. The fraction of sp³-hybridized carbons (Fsp3) is 0.286. The molecule has 1 aliphatic rings. The van der Waals surface area contributed by atoms with Crippen LogP contribution < -0.4 is 23.7 Å². The molecule has 1 heterocycles. The maximum Gasteiger partial charge on any atom is 0.138 e. The summed E-state index contributed by atoms with van der Waals surface area (Å²) in [7, 11) is 6.40. The first kappa shape index (κ1) is 23.4. The number of phenols is 1. The van der Waals surface area contributed by atoms with Crippen molar-refractivity contribution in [1.82, 2.24) is 0 Å². The first-order valence-corrected chi connectivity index (χ1v) is 11.1. The summed E-state index contributed by atoms with van der Waals surface area (Å²) in [6.45, 7) is 1.89. The highest BCUT2D eigenvalue weighted by atomic mass is 16.5. The van der Waals surface area contributed by atoms with Crippen molar-refractivity contribution in [3.8, 4) is 34.5 Å². The third kappa shape index (κ3) is 4.23. The number of hydrogen-bond acceptors (Lipinski definition) is 6. The summed E-state index contributed by atoms with van der Waals surface area (Å²) in [6, 6.07) is 13.6. The van der Waals surface area contributed by atoms with Gasteiger partial charge in [-0.1, -0.05) is 30.3 Å². The predicted octanol–water partition coefficient (Wildman–Crippen LogP) is 5.97. The highest BCUT2D eigenvalue weighted by molar-refractivity contribution is 5.83. The molecule has 0 bridgehead atoms. The van der Waals surface area contributed by atoms with Crippen molar-refractivity contribution in [1.29, 1.82) is 0 Å². The number of phenolic OH excluding ortho intramolecular Hbond substituents is 1. The van der Waals surface area contributed by atoms with Gasteiger partial charge in [0.1, 0.15) is 40.6 Å². The molecule has 0 fully saturated rings. The normalized spacial score (nSPS) is 14.9. The van der Waals surface area contributed by atoms with Crippen LogP contribution in [0.25, 0.3) is 12.2 Å². The second-order valence-corrected chi connectivity index (χ2v) is 8.06. The quantitative estimate of drug-likeness (QED) is 0.436. The molecule has 178 valence electrons. The molecule has 1 N–H and O–H groups in total. The molecule has 3 aromatic rings. The molecule has 0 amide bonds. The van der Waals surface area contributed by atoms with Crippen LogP contribution in [0.5, 0.6) is 34.5 Å². The minimum atomic E-state index is -0.0798. The summed E-state index contributed by atoms with van der Waals surface area (Å²) < 4.78 is 28.9. The molecule has 3 aromatic carbocycles. The van der Waals surface area contributed by atoms with Crippen molar-refractivity contribution in [3.63, 3.8) is 0 Å². The van der Waals surface area contributed by atoms with Crippen molar-refractivity contribution >= 4 is 12.2 Å². The fourth-order valence-corrected chi connectivity index (χ4v) is 4.47. The van der Waals surface area contributed by atoms with E-state index in [-0.39, 0.29) is 11.9 Å². The zero-order chi connectivity index (χ0) is 24.2. The van der Waals surface area contributed by atoms with E-state index in [4.69, 9.17) is 23.7 Å². The van der Waals surface area contributed by atoms with Crippen LogP contribution in [-0.4, -0.2) is 33.5 Å². The van der Waals surface area contributed by atoms with Gasteiger partial charge < -0.3 is 28.8 Å². The lowest BCUT2D eigenvalue weighted by Gasteiger charge is -2.29. The van der Waals surface area contributed by atoms with Crippen LogP contribution in [0.1, 0.15) is 40.3 Å². The molecule has 0 aromatic heterocycles. The van der Waals surface area contributed by atoms with Gasteiger partial charge in [0.05, 0.1) is 39.6 Å². The standard InChI is InChI=1S/C28H30O6/c1-17-24(30-2)15-22(29)19(27(17)33-5)11-12-20-25(31-3)16-26(32-4)21-13-14-23(34-28(20)21)18-9-7-6-8-10-18/h6-12,15-16,23,29H,13-14H2,1-5H3/b12-11+/t23-/m0/s1. The number of fused-ring (bicyclic) bond motifs is 1. The van der Waals surface area contributed by atoms with Crippen LogP contribution >= 0.6 is 0 Å². The van der Waals surface area contributed by atoms with Crippen molar-refractivity contribution in [2.24, 2.45) is 0 Å². The van der Waals surface area contributed by atoms with Crippen molar-refractivity contribution in [2.45, 2.75) is 25.9 Å². The molecule has 34 heavy (non-hydrogen) atoms. The van der Waals surface area contributed by atoms with Crippen LogP contribution in [0.4, 0.5) is 0 Å². The van der Waals surface area contributed by atoms with E-state index in [1.165, 1.54) is 0 Å². The van der Waals surface area contributed by atoms with Gasteiger partial charge >= 0.3 is 0 Å². The minimum absolute atomic E-state index is 0.0555. The second-order valence-electron chi connectivity index (χ2n) is 8.06. The summed E-state index contributed by atoms with van der Waals surface area (Å²) in [5.41, 5.74) is 4.23. The second kappa shape index (κ2) is 10.00. The SMILES string of the molecule is COc1cc(O)c(/C=C/c2c(OC)cc(OC)c3c2O[C@H](c2ccccc2)CC3)c(OC)c1C. The lowest BCUT2D eigenvalue weighted by atomic mass is 9.94. The van der Waals surface area contributed by atoms with Gasteiger partial charge in [0.15, 0.2) is 0 Å². The topological polar surface area (TPSA) is 66.4 Å². The Morgan fingerprint density at radius 1 is 0.853 bits per heavy atom. The van der Waals surface area contributed by atoms with E-state index in [0.29, 0.717) is 22.8 Å². The Morgan fingerprint density at radius 3 is 2.18 bits per heavy atom. The number of ether oxygens (including phenoxy) is 5. The predicted molar refractivity (Wildman–Crippen MR) is 133 cm³/mol. The van der Waals surface area contributed by atoms with Gasteiger partial charge in [-0.25, -0.2) is 0 Å². The van der Waals surface area contributed by atoms with E-state index in [1.54, 1.807) is 40.6 Å². The van der Waals surface area contributed by atoms with E-state index in [9.17, 15) is 5.11 Å². The lowest BCUT2D eigenvalue weighted by molar-refractivity contribution is 0.173.